The van der Waals surface area contributed by atoms with Gasteiger partial charge in [0, 0.05) is 32.2 Å². The van der Waals surface area contributed by atoms with Gasteiger partial charge in [-0.3, -0.25) is 9.69 Å². The van der Waals surface area contributed by atoms with Gasteiger partial charge in [-0.1, -0.05) is 24.3 Å². The highest BCUT2D eigenvalue weighted by atomic mass is 16.4. The van der Waals surface area contributed by atoms with Crippen molar-refractivity contribution in [3.05, 3.63) is 35.4 Å². The summed E-state index contributed by atoms with van der Waals surface area (Å²) in [6.45, 7) is 2.50. The Kier molecular flexibility index (Phi) is 4.02. The van der Waals surface area contributed by atoms with Gasteiger partial charge in [0.1, 0.15) is 0 Å². The molecule has 1 saturated heterocycles. The number of aliphatic carboxylic acids is 1. The van der Waals surface area contributed by atoms with Gasteiger partial charge in [0.25, 0.3) is 0 Å². The summed E-state index contributed by atoms with van der Waals surface area (Å²) in [6.07, 6.45) is -0.155. The standard InChI is InChI=1S/C16H20N2O4/c19-15(20)11-5-6-18(16(21)22)14(7-11)10-17-8-12-3-1-2-4-13(12)9-17/h1-4,11,14H,5-10H2,(H,19,20)(H,21,22). The van der Waals surface area contributed by atoms with Gasteiger partial charge < -0.3 is 15.1 Å². The van der Waals surface area contributed by atoms with Gasteiger partial charge in [0.15, 0.2) is 0 Å². The summed E-state index contributed by atoms with van der Waals surface area (Å²) in [5.41, 5.74) is 2.55. The van der Waals surface area contributed by atoms with Crippen LogP contribution in [0.15, 0.2) is 24.3 Å². The molecule has 1 amide bonds. The van der Waals surface area contributed by atoms with Crippen molar-refractivity contribution >= 4 is 12.1 Å². The number of amides is 1. The van der Waals surface area contributed by atoms with Crippen LogP contribution in [0.5, 0.6) is 0 Å². The van der Waals surface area contributed by atoms with Gasteiger partial charge in [-0.2, -0.15) is 0 Å². The van der Waals surface area contributed by atoms with E-state index in [1.54, 1.807) is 0 Å². The first-order valence-corrected chi connectivity index (χ1v) is 7.56. The fraction of sp³-hybridized carbons (Fsp3) is 0.500. The summed E-state index contributed by atoms with van der Waals surface area (Å²) < 4.78 is 0. The van der Waals surface area contributed by atoms with Crippen LogP contribution in [0.2, 0.25) is 0 Å². The topological polar surface area (TPSA) is 81.1 Å². The minimum Gasteiger partial charge on any atom is -0.481 e. The van der Waals surface area contributed by atoms with Crippen molar-refractivity contribution in [2.24, 2.45) is 5.92 Å². The monoisotopic (exact) mass is 304 g/mol. The third-order valence-electron chi connectivity index (χ3n) is 4.69. The quantitative estimate of drug-likeness (QED) is 0.890. The number of nitrogens with zero attached hydrogens (tertiary/aromatic N) is 2. The number of piperidine rings is 1. The van der Waals surface area contributed by atoms with E-state index in [0.29, 0.717) is 25.9 Å². The number of rotatable bonds is 3. The SMILES string of the molecule is O=C(O)C1CCN(C(=O)O)C(CN2Cc3ccccc3C2)C1. The zero-order valence-electron chi connectivity index (χ0n) is 12.3. The largest absolute Gasteiger partial charge is 0.481 e. The van der Waals surface area contributed by atoms with E-state index in [0.717, 1.165) is 13.1 Å². The van der Waals surface area contributed by atoms with E-state index >= 15 is 0 Å². The summed E-state index contributed by atoms with van der Waals surface area (Å²) in [6, 6.07) is 7.94. The van der Waals surface area contributed by atoms with Crippen LogP contribution in [0.1, 0.15) is 24.0 Å². The lowest BCUT2D eigenvalue weighted by Gasteiger charge is -2.38. The zero-order valence-corrected chi connectivity index (χ0v) is 12.3. The summed E-state index contributed by atoms with van der Waals surface area (Å²) in [5, 5.41) is 18.5. The minimum atomic E-state index is -0.953. The molecule has 0 bridgehead atoms. The molecule has 118 valence electrons. The fourth-order valence-corrected chi connectivity index (χ4v) is 3.53. The Labute approximate surface area is 129 Å². The molecule has 0 aliphatic carbocycles. The van der Waals surface area contributed by atoms with Crippen LogP contribution < -0.4 is 0 Å². The number of likely N-dealkylation sites (tertiary alicyclic amines) is 1. The highest BCUT2D eigenvalue weighted by Crippen LogP contribution is 2.28. The van der Waals surface area contributed by atoms with E-state index in [1.165, 1.54) is 16.0 Å². The maximum absolute atomic E-state index is 11.4. The maximum Gasteiger partial charge on any atom is 0.407 e. The Morgan fingerprint density at radius 3 is 2.32 bits per heavy atom. The van der Waals surface area contributed by atoms with E-state index in [4.69, 9.17) is 0 Å². The normalized spacial score (nSPS) is 25.0. The van der Waals surface area contributed by atoms with Gasteiger partial charge in [-0.15, -0.1) is 0 Å². The van der Waals surface area contributed by atoms with Crippen molar-refractivity contribution in [2.45, 2.75) is 32.0 Å². The number of fused-ring (bicyclic) bond motifs is 1. The van der Waals surface area contributed by atoms with Crippen LogP contribution in [0.3, 0.4) is 0 Å². The molecule has 1 aromatic carbocycles. The number of benzene rings is 1. The third kappa shape index (κ3) is 2.92. The molecular weight excluding hydrogens is 284 g/mol. The molecule has 2 N–H and O–H groups in total. The molecule has 2 aliphatic rings. The predicted molar refractivity (Wildman–Crippen MR) is 79.4 cm³/mol. The van der Waals surface area contributed by atoms with Gasteiger partial charge in [-0.05, 0) is 24.0 Å². The van der Waals surface area contributed by atoms with Gasteiger partial charge in [-0.25, -0.2) is 4.79 Å². The van der Waals surface area contributed by atoms with E-state index in [9.17, 15) is 19.8 Å². The van der Waals surface area contributed by atoms with Crippen molar-refractivity contribution in [3.63, 3.8) is 0 Å². The number of carboxylic acid groups (broad SMARTS) is 2. The van der Waals surface area contributed by atoms with Crippen LogP contribution in [0, 0.1) is 5.92 Å². The molecular formula is C16H20N2O4. The number of hydrogen-bond donors (Lipinski definition) is 2. The lowest BCUT2D eigenvalue weighted by Crippen LogP contribution is -2.51. The van der Waals surface area contributed by atoms with Crippen LogP contribution >= 0.6 is 0 Å². The average Bonchev–Trinajstić information content (AvgIpc) is 2.89. The highest BCUT2D eigenvalue weighted by molar-refractivity contribution is 5.71. The van der Waals surface area contributed by atoms with Crippen molar-refractivity contribution in [1.29, 1.82) is 0 Å². The Morgan fingerprint density at radius 1 is 1.14 bits per heavy atom. The molecule has 2 aliphatic heterocycles. The third-order valence-corrected chi connectivity index (χ3v) is 4.69. The smallest absolute Gasteiger partial charge is 0.407 e. The second-order valence-electron chi connectivity index (χ2n) is 6.13. The Hall–Kier alpha value is -2.08. The van der Waals surface area contributed by atoms with E-state index in [2.05, 4.69) is 17.0 Å². The first-order chi connectivity index (χ1) is 10.5. The van der Waals surface area contributed by atoms with Gasteiger partial charge >= 0.3 is 12.1 Å². The van der Waals surface area contributed by atoms with Gasteiger partial charge in [0.05, 0.1) is 5.92 Å². The molecule has 0 radical (unpaired) electrons. The zero-order chi connectivity index (χ0) is 15.7. The maximum atomic E-state index is 11.4. The van der Waals surface area contributed by atoms with Gasteiger partial charge in [0.2, 0.25) is 0 Å². The molecule has 6 nitrogen and oxygen atoms in total. The molecule has 1 fully saturated rings. The molecule has 22 heavy (non-hydrogen) atoms. The second-order valence-corrected chi connectivity index (χ2v) is 6.13. The molecule has 0 aromatic heterocycles. The minimum absolute atomic E-state index is 0.248. The molecule has 2 unspecified atom stereocenters. The molecule has 1 aromatic rings. The lowest BCUT2D eigenvalue weighted by molar-refractivity contribution is -0.144. The van der Waals surface area contributed by atoms with Crippen LogP contribution in [-0.4, -0.2) is 51.2 Å². The number of carboxylic acids is 1. The first kappa shape index (κ1) is 14.8. The molecule has 0 spiro atoms. The van der Waals surface area contributed by atoms with Crippen molar-refractivity contribution in [3.8, 4) is 0 Å². The molecule has 6 heteroatoms. The van der Waals surface area contributed by atoms with Crippen molar-refractivity contribution in [2.75, 3.05) is 13.1 Å². The Bertz CT molecular complexity index is 564. The van der Waals surface area contributed by atoms with Crippen molar-refractivity contribution in [1.82, 2.24) is 9.80 Å². The van der Waals surface area contributed by atoms with Crippen molar-refractivity contribution < 1.29 is 19.8 Å². The first-order valence-electron chi connectivity index (χ1n) is 7.56. The number of hydrogen-bond acceptors (Lipinski definition) is 3. The average molecular weight is 304 g/mol. The summed E-state index contributed by atoms with van der Waals surface area (Å²) in [7, 11) is 0. The lowest BCUT2D eigenvalue weighted by atomic mass is 9.91. The summed E-state index contributed by atoms with van der Waals surface area (Å²) >= 11 is 0. The predicted octanol–water partition coefficient (Wildman–Crippen LogP) is 1.85. The number of carbonyl (C=O) groups is 2. The van der Waals surface area contributed by atoms with E-state index in [-0.39, 0.29) is 6.04 Å². The van der Waals surface area contributed by atoms with Crippen LogP contribution in [0.25, 0.3) is 0 Å². The second kappa shape index (κ2) is 5.96. The van der Waals surface area contributed by atoms with Crippen LogP contribution in [-0.2, 0) is 17.9 Å². The molecule has 2 heterocycles. The molecule has 2 atom stereocenters. The summed E-state index contributed by atoms with van der Waals surface area (Å²) in [4.78, 5) is 26.2. The Morgan fingerprint density at radius 2 is 1.77 bits per heavy atom. The van der Waals surface area contributed by atoms with E-state index in [1.807, 2.05) is 12.1 Å². The highest BCUT2D eigenvalue weighted by Gasteiger charge is 2.36. The van der Waals surface area contributed by atoms with Crippen LogP contribution in [0.4, 0.5) is 4.79 Å². The summed E-state index contributed by atoms with van der Waals surface area (Å²) in [5.74, 6) is -1.26. The Balaban J connectivity index is 1.68. The fourth-order valence-electron chi connectivity index (χ4n) is 3.53. The molecule has 3 rings (SSSR count). The molecule has 0 saturated carbocycles. The van der Waals surface area contributed by atoms with E-state index < -0.39 is 18.0 Å².